The smallest absolute Gasteiger partial charge is 0.262 e. The number of Topliss-reactive ketones (excluding diaryl/α,β-unsaturated/α-hetero) is 1. The molecule has 0 aromatic heterocycles. The normalized spacial score (nSPS) is 20.2. The summed E-state index contributed by atoms with van der Waals surface area (Å²) in [5.41, 5.74) is 2.98. The summed E-state index contributed by atoms with van der Waals surface area (Å²) in [6.07, 6.45) is 0.933. The minimum atomic E-state index is -0.385. The number of ketones is 1. The summed E-state index contributed by atoms with van der Waals surface area (Å²) < 4.78 is 23.5. The van der Waals surface area contributed by atoms with Crippen LogP contribution in [0.5, 0.6) is 17.2 Å². The van der Waals surface area contributed by atoms with Gasteiger partial charge in [-0.2, -0.15) is 0 Å². The van der Waals surface area contributed by atoms with Crippen LogP contribution in [0.4, 0.5) is 5.69 Å². The van der Waals surface area contributed by atoms with Crippen LogP contribution in [0.1, 0.15) is 60.7 Å². The summed E-state index contributed by atoms with van der Waals surface area (Å²) in [4.78, 5) is 25.0. The highest BCUT2D eigenvalue weighted by Gasteiger charge is 2.35. The molecule has 3 aromatic carbocycles. The van der Waals surface area contributed by atoms with Gasteiger partial charge in [-0.25, -0.2) is 0 Å². The van der Waals surface area contributed by atoms with Gasteiger partial charge in [-0.05, 0) is 66.6 Å². The molecule has 3 atom stereocenters. The minimum absolute atomic E-state index is 0.0724. The van der Waals surface area contributed by atoms with E-state index < -0.39 is 0 Å². The third-order valence-corrected chi connectivity index (χ3v) is 7.76. The van der Waals surface area contributed by atoms with E-state index in [1.807, 2.05) is 36.4 Å². The summed E-state index contributed by atoms with van der Waals surface area (Å²) in [6, 6.07) is 19.0. The minimum Gasteiger partial charge on any atom is -0.486 e. The van der Waals surface area contributed by atoms with Crippen molar-refractivity contribution in [2.75, 3.05) is 31.7 Å². The van der Waals surface area contributed by atoms with Crippen molar-refractivity contribution in [1.29, 1.82) is 0 Å². The van der Waals surface area contributed by atoms with Crippen LogP contribution in [-0.2, 0) is 9.53 Å². The number of carbonyl (C=O) groups excluding carboxylic acids is 2. The van der Waals surface area contributed by atoms with Gasteiger partial charge in [-0.1, -0.05) is 49.7 Å². The average Bonchev–Trinajstić information content (AvgIpc) is 2.96. The van der Waals surface area contributed by atoms with Gasteiger partial charge < -0.3 is 24.3 Å². The van der Waals surface area contributed by atoms with Crippen LogP contribution in [0.2, 0.25) is 5.02 Å². The van der Waals surface area contributed by atoms with Crippen LogP contribution in [0.3, 0.4) is 0 Å². The van der Waals surface area contributed by atoms with E-state index in [-0.39, 0.29) is 24.4 Å². The molecule has 1 amide bonds. The molecule has 210 valence electrons. The van der Waals surface area contributed by atoms with E-state index in [1.165, 1.54) is 12.5 Å². The number of rotatable bonds is 8. The Hall–Kier alpha value is -3.55. The zero-order valence-corrected chi connectivity index (χ0v) is 23.7. The quantitative estimate of drug-likeness (QED) is 0.302. The first-order valence-corrected chi connectivity index (χ1v) is 14.0. The third kappa shape index (κ3) is 6.43. The summed E-state index contributed by atoms with van der Waals surface area (Å²) in [6.45, 7) is 7.12. The largest absolute Gasteiger partial charge is 0.486 e. The molecule has 0 saturated carbocycles. The lowest BCUT2D eigenvalue weighted by Gasteiger charge is -2.39. The predicted molar refractivity (Wildman–Crippen MR) is 154 cm³/mol. The second kappa shape index (κ2) is 12.3. The highest BCUT2D eigenvalue weighted by molar-refractivity contribution is 6.30. The molecular weight excluding hydrogens is 530 g/mol. The lowest BCUT2D eigenvalue weighted by atomic mass is 9.76. The lowest BCUT2D eigenvalue weighted by Crippen LogP contribution is -2.31. The molecule has 40 heavy (non-hydrogen) atoms. The number of nitrogens with one attached hydrogen (secondary N) is 1. The van der Waals surface area contributed by atoms with Gasteiger partial charge >= 0.3 is 0 Å². The molecule has 1 saturated heterocycles. The first-order chi connectivity index (χ1) is 19.3. The molecule has 5 rings (SSSR count). The highest BCUT2D eigenvalue weighted by Crippen LogP contribution is 2.44. The van der Waals surface area contributed by atoms with Crippen LogP contribution in [-0.4, -0.2) is 38.1 Å². The van der Waals surface area contributed by atoms with Crippen molar-refractivity contribution in [3.63, 3.8) is 0 Å². The van der Waals surface area contributed by atoms with Gasteiger partial charge in [-0.15, -0.1) is 0 Å². The number of benzene rings is 3. The lowest BCUT2D eigenvalue weighted by molar-refractivity contribution is -0.118. The van der Waals surface area contributed by atoms with E-state index in [4.69, 9.17) is 30.5 Å². The van der Waals surface area contributed by atoms with E-state index in [9.17, 15) is 9.59 Å². The van der Waals surface area contributed by atoms with Crippen LogP contribution in [0.25, 0.3) is 0 Å². The van der Waals surface area contributed by atoms with Gasteiger partial charge in [0, 0.05) is 22.6 Å². The van der Waals surface area contributed by atoms with Crippen molar-refractivity contribution in [1.82, 2.24) is 0 Å². The number of carbonyl (C=O) groups is 2. The maximum absolute atomic E-state index is 12.8. The van der Waals surface area contributed by atoms with E-state index in [0.29, 0.717) is 66.1 Å². The second-order valence-corrected chi connectivity index (χ2v) is 11.1. The summed E-state index contributed by atoms with van der Waals surface area (Å²) in [7, 11) is 0. The molecule has 8 heteroatoms. The summed E-state index contributed by atoms with van der Waals surface area (Å²) in [5, 5.41) is 3.51. The van der Waals surface area contributed by atoms with Crippen molar-refractivity contribution in [2.24, 2.45) is 11.8 Å². The number of fused-ring (bicyclic) bond motifs is 1. The summed E-state index contributed by atoms with van der Waals surface area (Å²) >= 11 is 6.09. The van der Waals surface area contributed by atoms with E-state index in [2.05, 4.69) is 31.3 Å². The molecule has 0 unspecified atom stereocenters. The Balaban J connectivity index is 1.24. The fourth-order valence-corrected chi connectivity index (χ4v) is 5.52. The summed E-state index contributed by atoms with van der Waals surface area (Å²) in [5.74, 6) is 2.02. The number of hydrogen-bond acceptors (Lipinski definition) is 6. The average molecular weight is 564 g/mol. The van der Waals surface area contributed by atoms with Crippen molar-refractivity contribution < 1.29 is 28.5 Å². The Labute approximate surface area is 239 Å². The second-order valence-electron chi connectivity index (χ2n) is 10.7. The molecule has 1 fully saturated rings. The fourth-order valence-electron chi connectivity index (χ4n) is 5.40. The standard InChI is InChI=1S/C32H34ClNO6/c1-19(2)26-14-23(21-7-9-24(33)10-8-21)17-40-32(26)22-5-4-6-25(13-22)39-18-31(36)34-28-16-30-29(37-11-12-38-30)15-27(28)20(3)35/h4-10,13,15-16,19,23,26,32H,11-12,14,17-18H2,1-3H3,(H,34,36)/t23-,26-,32-/m0/s1. The number of halogens is 1. The molecule has 0 radical (unpaired) electrons. The van der Waals surface area contributed by atoms with Crippen LogP contribution in [0, 0.1) is 11.8 Å². The molecule has 2 heterocycles. The molecular formula is C32H34ClNO6. The molecule has 1 N–H and O–H groups in total. The third-order valence-electron chi connectivity index (χ3n) is 7.51. The maximum Gasteiger partial charge on any atom is 0.262 e. The molecule has 7 nitrogen and oxygen atoms in total. The van der Waals surface area contributed by atoms with Gasteiger partial charge in [0.05, 0.1) is 18.4 Å². The maximum atomic E-state index is 12.8. The molecule has 2 aliphatic rings. The number of anilines is 1. The number of amides is 1. The first kappa shape index (κ1) is 28.0. The van der Waals surface area contributed by atoms with E-state index in [1.54, 1.807) is 12.1 Å². The molecule has 3 aromatic rings. The van der Waals surface area contributed by atoms with Crippen LogP contribution < -0.4 is 19.5 Å². The van der Waals surface area contributed by atoms with E-state index in [0.717, 1.165) is 17.0 Å². The zero-order valence-electron chi connectivity index (χ0n) is 22.9. The number of ether oxygens (including phenoxy) is 4. The Morgan fingerprint density at radius 2 is 1.73 bits per heavy atom. The Morgan fingerprint density at radius 3 is 2.42 bits per heavy atom. The SMILES string of the molecule is CC(=O)c1cc2c(cc1NC(=O)COc1cccc([C@@H]3OC[C@@H](c4ccc(Cl)cc4)C[C@H]3C(C)C)c1)OCCO2. The molecule has 0 spiro atoms. The zero-order chi connectivity index (χ0) is 28.2. The van der Waals surface area contributed by atoms with Crippen molar-refractivity contribution in [3.8, 4) is 17.2 Å². The van der Waals surface area contributed by atoms with Gasteiger partial charge in [-0.3, -0.25) is 9.59 Å². The van der Waals surface area contributed by atoms with Crippen molar-refractivity contribution in [2.45, 2.75) is 39.2 Å². The van der Waals surface area contributed by atoms with Gasteiger partial charge in [0.15, 0.2) is 23.9 Å². The fraction of sp³-hybridized carbons (Fsp3) is 0.375. The predicted octanol–water partition coefficient (Wildman–Crippen LogP) is 6.85. The van der Waals surface area contributed by atoms with Gasteiger partial charge in [0.2, 0.25) is 0 Å². The molecule has 2 aliphatic heterocycles. The monoisotopic (exact) mass is 563 g/mol. The van der Waals surface area contributed by atoms with E-state index >= 15 is 0 Å². The molecule has 0 bridgehead atoms. The topological polar surface area (TPSA) is 83.1 Å². The highest BCUT2D eigenvalue weighted by atomic mass is 35.5. The van der Waals surface area contributed by atoms with Crippen molar-refractivity contribution in [3.05, 3.63) is 82.4 Å². The van der Waals surface area contributed by atoms with Crippen LogP contribution >= 0.6 is 11.6 Å². The Morgan fingerprint density at radius 1 is 1.00 bits per heavy atom. The van der Waals surface area contributed by atoms with Gasteiger partial charge in [0.25, 0.3) is 5.91 Å². The van der Waals surface area contributed by atoms with Crippen LogP contribution in [0.15, 0.2) is 60.7 Å². The molecule has 0 aliphatic carbocycles. The Kier molecular flexibility index (Phi) is 8.62. The Bertz CT molecular complexity index is 1370. The first-order valence-electron chi connectivity index (χ1n) is 13.6. The van der Waals surface area contributed by atoms with Crippen molar-refractivity contribution >= 4 is 29.0 Å². The number of hydrogen-bond donors (Lipinski definition) is 1. The van der Waals surface area contributed by atoms with Gasteiger partial charge in [0.1, 0.15) is 19.0 Å².